The van der Waals surface area contributed by atoms with Crippen LogP contribution >= 0.6 is 0 Å². The summed E-state index contributed by atoms with van der Waals surface area (Å²) in [6.45, 7) is 15.1. The van der Waals surface area contributed by atoms with Gasteiger partial charge >= 0.3 is 0 Å². The van der Waals surface area contributed by atoms with Gasteiger partial charge in [-0.2, -0.15) is 0 Å². The van der Waals surface area contributed by atoms with E-state index < -0.39 is 0 Å². The minimum Gasteiger partial charge on any atom is -0.314 e. The van der Waals surface area contributed by atoms with Gasteiger partial charge < -0.3 is 10.2 Å². The van der Waals surface area contributed by atoms with Gasteiger partial charge in [0.2, 0.25) is 0 Å². The molecule has 2 nitrogen and oxygen atoms in total. The Morgan fingerprint density at radius 3 is 2.17 bits per heavy atom. The molecule has 18 heavy (non-hydrogen) atoms. The third-order valence-electron chi connectivity index (χ3n) is 3.90. The van der Waals surface area contributed by atoms with Crippen LogP contribution in [-0.4, -0.2) is 37.6 Å². The molecule has 1 saturated carbocycles. The molecule has 1 aliphatic carbocycles. The monoisotopic (exact) mass is 254 g/mol. The Balaban J connectivity index is 2.51. The van der Waals surface area contributed by atoms with Crippen LogP contribution in [0.25, 0.3) is 0 Å². The van der Waals surface area contributed by atoms with E-state index in [-0.39, 0.29) is 0 Å². The fraction of sp³-hybridized carbons (Fsp3) is 1.00. The van der Waals surface area contributed by atoms with Gasteiger partial charge in [-0.05, 0) is 30.7 Å². The van der Waals surface area contributed by atoms with E-state index in [0.717, 1.165) is 0 Å². The SMILES string of the molecule is CC(C)NCC1(CN(C)CC(C)(C)C)CCCC1. The number of nitrogens with one attached hydrogen (secondary N) is 1. The minimum atomic E-state index is 0.403. The lowest BCUT2D eigenvalue weighted by atomic mass is 9.84. The second-order valence-corrected chi connectivity index (χ2v) is 7.98. The first-order chi connectivity index (χ1) is 8.22. The van der Waals surface area contributed by atoms with Crippen LogP contribution in [0.3, 0.4) is 0 Å². The van der Waals surface area contributed by atoms with Crippen molar-refractivity contribution >= 4 is 0 Å². The number of hydrogen-bond acceptors (Lipinski definition) is 2. The van der Waals surface area contributed by atoms with Gasteiger partial charge in [0.05, 0.1) is 0 Å². The molecule has 2 heteroatoms. The molecule has 0 aromatic heterocycles. The maximum atomic E-state index is 3.67. The van der Waals surface area contributed by atoms with E-state index in [1.165, 1.54) is 45.3 Å². The van der Waals surface area contributed by atoms with Gasteiger partial charge in [0, 0.05) is 25.7 Å². The van der Waals surface area contributed by atoms with Crippen LogP contribution in [-0.2, 0) is 0 Å². The molecular weight excluding hydrogens is 220 g/mol. The van der Waals surface area contributed by atoms with E-state index >= 15 is 0 Å². The quantitative estimate of drug-likeness (QED) is 0.780. The lowest BCUT2D eigenvalue weighted by molar-refractivity contribution is 0.136. The van der Waals surface area contributed by atoms with Gasteiger partial charge in [0.15, 0.2) is 0 Å². The zero-order valence-electron chi connectivity index (χ0n) is 13.5. The fourth-order valence-electron chi connectivity index (χ4n) is 3.37. The van der Waals surface area contributed by atoms with Gasteiger partial charge in [0.1, 0.15) is 0 Å². The summed E-state index contributed by atoms with van der Waals surface area (Å²) < 4.78 is 0. The lowest BCUT2D eigenvalue weighted by Crippen LogP contribution is -2.44. The van der Waals surface area contributed by atoms with E-state index in [2.05, 4.69) is 51.9 Å². The molecule has 1 aliphatic rings. The first-order valence-corrected chi connectivity index (χ1v) is 7.64. The van der Waals surface area contributed by atoms with Gasteiger partial charge in [-0.3, -0.25) is 0 Å². The summed E-state index contributed by atoms with van der Waals surface area (Å²) in [4.78, 5) is 2.55. The van der Waals surface area contributed by atoms with Crippen LogP contribution in [0.4, 0.5) is 0 Å². The summed E-state index contributed by atoms with van der Waals surface area (Å²) in [5, 5.41) is 3.67. The largest absolute Gasteiger partial charge is 0.314 e. The first-order valence-electron chi connectivity index (χ1n) is 7.64. The number of hydrogen-bond donors (Lipinski definition) is 1. The molecule has 0 aromatic rings. The summed E-state index contributed by atoms with van der Waals surface area (Å²) in [6, 6.07) is 0.607. The summed E-state index contributed by atoms with van der Waals surface area (Å²) in [5.74, 6) is 0. The molecule has 0 heterocycles. The summed E-state index contributed by atoms with van der Waals surface area (Å²) in [7, 11) is 2.29. The highest BCUT2D eigenvalue weighted by molar-refractivity contribution is 4.90. The normalized spacial score (nSPS) is 20.0. The van der Waals surface area contributed by atoms with E-state index in [1.807, 2.05) is 0 Å². The Hall–Kier alpha value is -0.0800. The second kappa shape index (κ2) is 6.38. The first kappa shape index (κ1) is 16.0. The Morgan fingerprint density at radius 2 is 1.72 bits per heavy atom. The molecule has 1 N–H and O–H groups in total. The minimum absolute atomic E-state index is 0.403. The summed E-state index contributed by atoms with van der Waals surface area (Å²) >= 11 is 0. The Morgan fingerprint density at radius 1 is 1.17 bits per heavy atom. The van der Waals surface area contributed by atoms with Crippen LogP contribution in [0.5, 0.6) is 0 Å². The third-order valence-corrected chi connectivity index (χ3v) is 3.90. The van der Waals surface area contributed by atoms with Crippen molar-refractivity contribution in [3.05, 3.63) is 0 Å². The average Bonchev–Trinajstić information content (AvgIpc) is 2.61. The van der Waals surface area contributed by atoms with Crippen LogP contribution < -0.4 is 5.32 Å². The number of nitrogens with zero attached hydrogens (tertiary/aromatic N) is 1. The zero-order chi connectivity index (χ0) is 13.8. The Kier molecular flexibility index (Phi) is 5.67. The van der Waals surface area contributed by atoms with Gasteiger partial charge in [-0.25, -0.2) is 0 Å². The van der Waals surface area contributed by atoms with Crippen molar-refractivity contribution in [1.82, 2.24) is 10.2 Å². The van der Waals surface area contributed by atoms with Crippen molar-refractivity contribution in [3.8, 4) is 0 Å². The van der Waals surface area contributed by atoms with Gasteiger partial charge in [-0.15, -0.1) is 0 Å². The molecule has 0 atom stereocenters. The molecule has 0 aromatic carbocycles. The van der Waals surface area contributed by atoms with Crippen LogP contribution in [0.2, 0.25) is 0 Å². The highest BCUT2D eigenvalue weighted by Crippen LogP contribution is 2.38. The van der Waals surface area contributed by atoms with Crippen LogP contribution in [0.15, 0.2) is 0 Å². The molecule has 108 valence electrons. The van der Waals surface area contributed by atoms with E-state index in [4.69, 9.17) is 0 Å². The van der Waals surface area contributed by atoms with E-state index in [0.29, 0.717) is 16.9 Å². The van der Waals surface area contributed by atoms with Crippen molar-refractivity contribution < 1.29 is 0 Å². The van der Waals surface area contributed by atoms with E-state index in [9.17, 15) is 0 Å². The molecule has 0 unspecified atom stereocenters. The standard InChI is InChI=1S/C16H34N2/c1-14(2)17-11-16(9-7-8-10-16)13-18(6)12-15(3,4)5/h14,17H,7-13H2,1-6H3. The van der Waals surface area contributed by atoms with Crippen LogP contribution in [0.1, 0.15) is 60.3 Å². The number of rotatable bonds is 6. The maximum Gasteiger partial charge on any atom is 0.00473 e. The van der Waals surface area contributed by atoms with Gasteiger partial charge in [-0.1, -0.05) is 47.5 Å². The van der Waals surface area contributed by atoms with Crippen molar-refractivity contribution in [1.29, 1.82) is 0 Å². The fourth-order valence-corrected chi connectivity index (χ4v) is 3.37. The van der Waals surface area contributed by atoms with E-state index in [1.54, 1.807) is 0 Å². The molecule has 0 radical (unpaired) electrons. The highest BCUT2D eigenvalue weighted by atomic mass is 15.1. The predicted octanol–water partition coefficient (Wildman–Crippen LogP) is 3.52. The molecular formula is C16H34N2. The van der Waals surface area contributed by atoms with Crippen LogP contribution in [0, 0.1) is 10.8 Å². The van der Waals surface area contributed by atoms with Gasteiger partial charge in [0.25, 0.3) is 0 Å². The third kappa shape index (κ3) is 5.71. The summed E-state index contributed by atoms with van der Waals surface area (Å²) in [5.41, 5.74) is 0.935. The topological polar surface area (TPSA) is 15.3 Å². The molecule has 1 rings (SSSR count). The van der Waals surface area contributed by atoms with Crippen molar-refractivity contribution in [2.24, 2.45) is 10.8 Å². The molecule has 0 spiro atoms. The Labute approximate surface area is 115 Å². The predicted molar refractivity (Wildman–Crippen MR) is 81.0 cm³/mol. The molecule has 0 aliphatic heterocycles. The Bertz CT molecular complexity index is 234. The second-order valence-electron chi connectivity index (χ2n) is 7.98. The summed E-state index contributed by atoms with van der Waals surface area (Å²) in [6.07, 6.45) is 5.65. The smallest absolute Gasteiger partial charge is 0.00473 e. The molecule has 1 fully saturated rings. The lowest BCUT2D eigenvalue weighted by Gasteiger charge is -2.37. The van der Waals surface area contributed by atoms with Crippen molar-refractivity contribution in [2.75, 3.05) is 26.7 Å². The molecule has 0 amide bonds. The van der Waals surface area contributed by atoms with Crippen molar-refractivity contribution in [2.45, 2.75) is 66.3 Å². The average molecular weight is 254 g/mol. The maximum absolute atomic E-state index is 3.67. The molecule has 0 saturated heterocycles. The zero-order valence-corrected chi connectivity index (χ0v) is 13.5. The van der Waals surface area contributed by atoms with Crippen molar-refractivity contribution in [3.63, 3.8) is 0 Å². The highest BCUT2D eigenvalue weighted by Gasteiger charge is 2.35. The molecule has 0 bridgehead atoms.